The fourth-order valence-corrected chi connectivity index (χ4v) is 2.26. The third-order valence-corrected chi connectivity index (χ3v) is 3.45. The Morgan fingerprint density at radius 2 is 2.00 bits per heavy atom. The molecule has 2 aromatic rings. The first-order valence-electron chi connectivity index (χ1n) is 7.98. The minimum absolute atomic E-state index is 0. The molecule has 2 rings (SSSR count). The first kappa shape index (κ1) is 21.1. The highest BCUT2D eigenvalue weighted by Crippen LogP contribution is 2.17. The fourth-order valence-electron chi connectivity index (χ4n) is 2.26. The van der Waals surface area contributed by atoms with Crippen molar-refractivity contribution in [3.05, 3.63) is 59.7 Å². The van der Waals surface area contributed by atoms with Gasteiger partial charge in [0.2, 0.25) is 0 Å². The van der Waals surface area contributed by atoms with Gasteiger partial charge in [0.05, 0.1) is 19.3 Å². The number of guanidine groups is 1. The van der Waals surface area contributed by atoms with Crippen LogP contribution in [0.25, 0.3) is 0 Å². The number of pyridine rings is 1. The predicted molar refractivity (Wildman–Crippen MR) is 109 cm³/mol. The number of ether oxygens (including phenoxy) is 1. The minimum Gasteiger partial charge on any atom is -0.496 e. The Bertz CT molecular complexity index is 682. The zero-order chi connectivity index (χ0) is 17.2. The SMILES string of the molecule is CCNC(=NCc1ncccc1F)NCCc1ccccc1OC.I. The molecule has 0 aliphatic carbocycles. The molecule has 0 aliphatic heterocycles. The molecule has 0 bridgehead atoms. The normalized spacial score (nSPS) is 10.8. The van der Waals surface area contributed by atoms with E-state index in [0.717, 1.165) is 24.3 Å². The average Bonchev–Trinajstić information content (AvgIpc) is 2.61. The second-order valence-electron chi connectivity index (χ2n) is 5.12. The number of para-hydroxylation sites is 1. The van der Waals surface area contributed by atoms with Crippen molar-refractivity contribution < 1.29 is 9.13 Å². The van der Waals surface area contributed by atoms with E-state index in [-0.39, 0.29) is 36.3 Å². The van der Waals surface area contributed by atoms with Crippen molar-refractivity contribution in [1.29, 1.82) is 0 Å². The summed E-state index contributed by atoms with van der Waals surface area (Å²) in [5.41, 5.74) is 1.46. The van der Waals surface area contributed by atoms with Crippen molar-refractivity contribution in [3.63, 3.8) is 0 Å². The standard InChI is InChI=1S/C18H23FN4O.HI/c1-3-20-18(23-13-16-15(19)8-6-11-21-16)22-12-10-14-7-4-5-9-17(14)24-2;/h4-9,11H,3,10,12-13H2,1-2H3,(H2,20,22,23);1H. The maximum atomic E-state index is 13.6. The van der Waals surface area contributed by atoms with Gasteiger partial charge in [-0.2, -0.15) is 0 Å². The van der Waals surface area contributed by atoms with Crippen LogP contribution in [0.4, 0.5) is 4.39 Å². The molecular weight excluding hydrogens is 434 g/mol. The molecule has 0 unspecified atom stereocenters. The summed E-state index contributed by atoms with van der Waals surface area (Å²) in [5, 5.41) is 6.39. The fraction of sp³-hybridized carbons (Fsp3) is 0.333. The lowest BCUT2D eigenvalue weighted by Gasteiger charge is -2.12. The molecule has 1 aromatic heterocycles. The van der Waals surface area contributed by atoms with E-state index < -0.39 is 0 Å². The Morgan fingerprint density at radius 3 is 2.72 bits per heavy atom. The summed E-state index contributed by atoms with van der Waals surface area (Å²) in [5.74, 6) is 1.17. The zero-order valence-electron chi connectivity index (χ0n) is 14.5. The van der Waals surface area contributed by atoms with Crippen LogP contribution >= 0.6 is 24.0 Å². The summed E-state index contributed by atoms with van der Waals surface area (Å²) in [6.07, 6.45) is 2.36. The Labute approximate surface area is 165 Å². The molecule has 0 aliphatic rings. The number of aliphatic imine (C=N–C) groups is 1. The maximum absolute atomic E-state index is 13.6. The van der Waals surface area contributed by atoms with Gasteiger partial charge in [0, 0.05) is 19.3 Å². The van der Waals surface area contributed by atoms with Crippen LogP contribution in [0.15, 0.2) is 47.6 Å². The second-order valence-corrected chi connectivity index (χ2v) is 5.12. The predicted octanol–water partition coefficient (Wildman–Crippen LogP) is 3.15. The van der Waals surface area contributed by atoms with E-state index in [1.165, 1.54) is 6.07 Å². The number of benzene rings is 1. The van der Waals surface area contributed by atoms with Gasteiger partial charge >= 0.3 is 0 Å². The number of rotatable bonds is 7. The molecule has 0 amide bonds. The number of nitrogens with one attached hydrogen (secondary N) is 2. The van der Waals surface area contributed by atoms with Crippen LogP contribution in [0.2, 0.25) is 0 Å². The summed E-state index contributed by atoms with van der Waals surface area (Å²) in [6, 6.07) is 10.9. The third-order valence-electron chi connectivity index (χ3n) is 3.45. The highest BCUT2D eigenvalue weighted by atomic mass is 127. The Morgan fingerprint density at radius 1 is 1.20 bits per heavy atom. The number of nitrogens with zero attached hydrogens (tertiary/aromatic N) is 2. The van der Waals surface area contributed by atoms with Crippen LogP contribution in [-0.4, -0.2) is 31.1 Å². The highest BCUT2D eigenvalue weighted by Gasteiger charge is 2.04. The monoisotopic (exact) mass is 458 g/mol. The lowest BCUT2D eigenvalue weighted by atomic mass is 10.1. The van der Waals surface area contributed by atoms with E-state index in [1.54, 1.807) is 19.4 Å². The molecule has 0 fully saturated rings. The summed E-state index contributed by atoms with van der Waals surface area (Å²) in [7, 11) is 1.67. The van der Waals surface area contributed by atoms with E-state index in [2.05, 4.69) is 20.6 Å². The second kappa shape index (κ2) is 11.6. The van der Waals surface area contributed by atoms with Crippen LogP contribution < -0.4 is 15.4 Å². The van der Waals surface area contributed by atoms with Gasteiger partial charge in [0.15, 0.2) is 5.96 Å². The topological polar surface area (TPSA) is 58.5 Å². The van der Waals surface area contributed by atoms with Crippen LogP contribution in [0, 0.1) is 5.82 Å². The number of halogens is 2. The van der Waals surface area contributed by atoms with Gasteiger partial charge in [0.1, 0.15) is 11.6 Å². The molecule has 5 nitrogen and oxygen atoms in total. The van der Waals surface area contributed by atoms with Crippen LogP contribution in [0.5, 0.6) is 5.75 Å². The molecule has 0 radical (unpaired) electrons. The van der Waals surface area contributed by atoms with Crippen molar-refractivity contribution in [2.45, 2.75) is 19.9 Å². The van der Waals surface area contributed by atoms with E-state index in [1.807, 2.05) is 31.2 Å². The minimum atomic E-state index is -0.342. The van der Waals surface area contributed by atoms with Gasteiger partial charge in [-0.3, -0.25) is 4.98 Å². The van der Waals surface area contributed by atoms with Gasteiger partial charge in [0.25, 0.3) is 0 Å². The van der Waals surface area contributed by atoms with E-state index in [0.29, 0.717) is 18.2 Å². The van der Waals surface area contributed by atoms with Crippen molar-refractivity contribution in [2.24, 2.45) is 4.99 Å². The molecule has 0 saturated carbocycles. The Balaban J connectivity index is 0.00000312. The van der Waals surface area contributed by atoms with Gasteiger partial charge in [-0.1, -0.05) is 18.2 Å². The summed E-state index contributed by atoms with van der Waals surface area (Å²) < 4.78 is 18.9. The number of aromatic nitrogens is 1. The summed E-state index contributed by atoms with van der Waals surface area (Å²) in [6.45, 7) is 3.59. The molecule has 25 heavy (non-hydrogen) atoms. The largest absolute Gasteiger partial charge is 0.496 e. The molecule has 7 heteroatoms. The molecule has 0 atom stereocenters. The quantitative estimate of drug-likeness (QED) is 0.381. The van der Waals surface area contributed by atoms with Crippen LogP contribution in [0.1, 0.15) is 18.2 Å². The molecule has 1 aromatic carbocycles. The number of methoxy groups -OCH3 is 1. The zero-order valence-corrected chi connectivity index (χ0v) is 16.8. The average molecular weight is 458 g/mol. The molecule has 2 N–H and O–H groups in total. The van der Waals surface area contributed by atoms with E-state index in [9.17, 15) is 4.39 Å². The first-order chi connectivity index (χ1) is 11.7. The summed E-state index contributed by atoms with van der Waals surface area (Å²) in [4.78, 5) is 8.39. The van der Waals surface area contributed by atoms with Crippen molar-refractivity contribution in [1.82, 2.24) is 15.6 Å². The molecule has 0 spiro atoms. The van der Waals surface area contributed by atoms with Crippen molar-refractivity contribution >= 4 is 29.9 Å². The number of hydrogen-bond donors (Lipinski definition) is 2. The number of hydrogen-bond acceptors (Lipinski definition) is 3. The molecule has 136 valence electrons. The maximum Gasteiger partial charge on any atom is 0.191 e. The van der Waals surface area contributed by atoms with Gasteiger partial charge in [-0.15, -0.1) is 24.0 Å². The molecule has 0 saturated heterocycles. The van der Waals surface area contributed by atoms with E-state index in [4.69, 9.17) is 4.74 Å². The van der Waals surface area contributed by atoms with Crippen LogP contribution in [-0.2, 0) is 13.0 Å². The Kier molecular flexibility index (Phi) is 9.83. The van der Waals surface area contributed by atoms with Crippen molar-refractivity contribution in [2.75, 3.05) is 20.2 Å². The lowest BCUT2D eigenvalue weighted by molar-refractivity contribution is 0.409. The lowest BCUT2D eigenvalue weighted by Crippen LogP contribution is -2.38. The van der Waals surface area contributed by atoms with E-state index >= 15 is 0 Å². The van der Waals surface area contributed by atoms with Gasteiger partial charge < -0.3 is 15.4 Å². The van der Waals surface area contributed by atoms with Gasteiger partial charge in [-0.25, -0.2) is 9.38 Å². The summed E-state index contributed by atoms with van der Waals surface area (Å²) >= 11 is 0. The Hall–Kier alpha value is -1.90. The first-order valence-corrected chi connectivity index (χ1v) is 7.98. The highest BCUT2D eigenvalue weighted by molar-refractivity contribution is 14.0. The smallest absolute Gasteiger partial charge is 0.191 e. The van der Waals surface area contributed by atoms with Crippen LogP contribution in [0.3, 0.4) is 0 Å². The van der Waals surface area contributed by atoms with Crippen molar-refractivity contribution in [3.8, 4) is 5.75 Å². The third kappa shape index (κ3) is 6.85. The molecular formula is C18H24FIN4O. The molecule has 1 heterocycles. The van der Waals surface area contributed by atoms with Gasteiger partial charge in [-0.05, 0) is 37.1 Å².